The highest BCUT2D eigenvalue weighted by Crippen LogP contribution is 2.39. The van der Waals surface area contributed by atoms with Gasteiger partial charge in [0, 0.05) is 25.6 Å². The molecular weight excluding hydrogens is 351 g/mol. The quantitative estimate of drug-likeness (QED) is 0.699. The number of ether oxygens (including phenoxy) is 1. The smallest absolute Gasteiger partial charge is 0.257 e. The summed E-state index contributed by atoms with van der Waals surface area (Å²) in [6.45, 7) is 1.26. The minimum atomic E-state index is -0.425. The number of nitrogens with one attached hydrogen (secondary N) is 1. The van der Waals surface area contributed by atoms with Crippen LogP contribution in [0.5, 0.6) is 0 Å². The molecule has 28 heavy (non-hydrogen) atoms. The van der Waals surface area contributed by atoms with E-state index in [1.807, 2.05) is 12.4 Å². The van der Waals surface area contributed by atoms with Gasteiger partial charge in [-0.3, -0.25) is 4.79 Å². The molecule has 0 atom stereocenters. The molecule has 2 aliphatic rings. The first-order valence-corrected chi connectivity index (χ1v) is 9.95. The fourth-order valence-corrected chi connectivity index (χ4v) is 4.04. The zero-order chi connectivity index (χ0) is 19.1. The second-order valence-electron chi connectivity index (χ2n) is 8.00. The minimum Gasteiger partial charge on any atom is -0.381 e. The number of amides is 1. The molecule has 1 aromatic carbocycles. The molecule has 1 amide bonds. The number of carbonyl (C=O) groups excluding carboxylic acids is 1. The SMILES string of the molecule is Bc1ccc(C2(NC(=O)c3cnn4cc(C5CC5)cnc34)CCOCC2)cc1. The fraction of sp³-hybridized carbons (Fsp3) is 0.381. The molecule has 3 heterocycles. The maximum absolute atomic E-state index is 13.2. The van der Waals surface area contributed by atoms with Gasteiger partial charge in [0.15, 0.2) is 5.65 Å². The van der Waals surface area contributed by atoms with E-state index in [1.54, 1.807) is 10.7 Å². The van der Waals surface area contributed by atoms with Gasteiger partial charge in [0.25, 0.3) is 5.91 Å². The Hall–Kier alpha value is -2.67. The molecule has 2 fully saturated rings. The lowest BCUT2D eigenvalue weighted by Gasteiger charge is -2.38. The van der Waals surface area contributed by atoms with E-state index in [1.165, 1.54) is 23.9 Å². The first-order chi connectivity index (χ1) is 13.6. The number of benzene rings is 1. The summed E-state index contributed by atoms with van der Waals surface area (Å²) in [5, 5.41) is 7.68. The van der Waals surface area contributed by atoms with Crippen molar-refractivity contribution in [2.24, 2.45) is 0 Å². The normalized spacial score (nSPS) is 18.9. The van der Waals surface area contributed by atoms with Crippen LogP contribution in [0.25, 0.3) is 5.65 Å². The van der Waals surface area contributed by atoms with Gasteiger partial charge in [-0.2, -0.15) is 5.10 Å². The van der Waals surface area contributed by atoms with E-state index >= 15 is 0 Å². The van der Waals surface area contributed by atoms with Crippen LogP contribution in [0.4, 0.5) is 0 Å². The molecule has 5 rings (SSSR count). The van der Waals surface area contributed by atoms with E-state index in [0.717, 1.165) is 18.4 Å². The summed E-state index contributed by atoms with van der Waals surface area (Å²) in [5.74, 6) is 0.467. The second kappa shape index (κ2) is 6.74. The van der Waals surface area contributed by atoms with E-state index in [-0.39, 0.29) is 5.91 Å². The van der Waals surface area contributed by atoms with Gasteiger partial charge in [-0.15, -0.1) is 0 Å². The summed E-state index contributed by atoms with van der Waals surface area (Å²) in [6.07, 6.45) is 9.43. The largest absolute Gasteiger partial charge is 0.381 e. The Morgan fingerprint density at radius 3 is 2.64 bits per heavy atom. The van der Waals surface area contributed by atoms with Gasteiger partial charge in [0.2, 0.25) is 0 Å². The molecule has 7 heteroatoms. The van der Waals surface area contributed by atoms with Crippen molar-refractivity contribution in [1.29, 1.82) is 0 Å². The molecule has 0 radical (unpaired) electrons. The minimum absolute atomic E-state index is 0.135. The lowest BCUT2D eigenvalue weighted by Crippen LogP contribution is -2.49. The topological polar surface area (TPSA) is 68.5 Å². The maximum Gasteiger partial charge on any atom is 0.257 e. The van der Waals surface area contributed by atoms with Gasteiger partial charge < -0.3 is 10.1 Å². The van der Waals surface area contributed by atoms with Crippen LogP contribution in [0, 0.1) is 0 Å². The molecule has 1 aliphatic carbocycles. The van der Waals surface area contributed by atoms with Crippen molar-refractivity contribution in [2.75, 3.05) is 13.2 Å². The molecule has 142 valence electrons. The number of fused-ring (bicyclic) bond motifs is 1. The predicted octanol–water partition coefficient (Wildman–Crippen LogP) is 1.30. The Labute approximate surface area is 164 Å². The summed E-state index contributed by atoms with van der Waals surface area (Å²) in [7, 11) is 2.07. The molecule has 6 nitrogen and oxygen atoms in total. The highest BCUT2D eigenvalue weighted by Gasteiger charge is 2.37. The molecule has 1 aliphatic heterocycles. The van der Waals surface area contributed by atoms with Gasteiger partial charge in [-0.1, -0.05) is 29.7 Å². The molecule has 0 bridgehead atoms. The number of hydrogen-bond acceptors (Lipinski definition) is 4. The van der Waals surface area contributed by atoms with Crippen LogP contribution in [0.15, 0.2) is 42.9 Å². The van der Waals surface area contributed by atoms with Crippen molar-refractivity contribution in [3.63, 3.8) is 0 Å². The molecule has 0 unspecified atom stereocenters. The highest BCUT2D eigenvalue weighted by molar-refractivity contribution is 6.32. The number of nitrogens with zero attached hydrogens (tertiary/aromatic N) is 3. The highest BCUT2D eigenvalue weighted by atomic mass is 16.5. The van der Waals surface area contributed by atoms with Crippen molar-refractivity contribution >= 4 is 24.9 Å². The maximum atomic E-state index is 13.2. The first kappa shape index (κ1) is 17.4. The number of carbonyl (C=O) groups is 1. The summed E-state index contributed by atoms with van der Waals surface area (Å²) >= 11 is 0. The molecule has 0 spiro atoms. The van der Waals surface area contributed by atoms with E-state index in [2.05, 4.69) is 47.5 Å². The Bertz CT molecular complexity index is 1020. The summed E-state index contributed by atoms with van der Waals surface area (Å²) < 4.78 is 7.30. The lowest BCUT2D eigenvalue weighted by atomic mass is 9.81. The van der Waals surface area contributed by atoms with Crippen molar-refractivity contribution < 1.29 is 9.53 Å². The number of rotatable bonds is 4. The second-order valence-corrected chi connectivity index (χ2v) is 8.00. The van der Waals surface area contributed by atoms with E-state index < -0.39 is 5.54 Å². The third kappa shape index (κ3) is 3.09. The van der Waals surface area contributed by atoms with Crippen LogP contribution < -0.4 is 10.8 Å². The fourth-order valence-electron chi connectivity index (χ4n) is 4.04. The Kier molecular flexibility index (Phi) is 4.20. The average molecular weight is 374 g/mol. The van der Waals surface area contributed by atoms with Gasteiger partial charge in [-0.05, 0) is 42.7 Å². The molecule has 1 saturated heterocycles. The van der Waals surface area contributed by atoms with E-state index in [0.29, 0.717) is 30.3 Å². The van der Waals surface area contributed by atoms with Crippen molar-refractivity contribution in [2.45, 2.75) is 37.1 Å². The molecule has 3 aromatic rings. The van der Waals surface area contributed by atoms with E-state index in [4.69, 9.17) is 4.74 Å². The van der Waals surface area contributed by atoms with Crippen LogP contribution in [0.3, 0.4) is 0 Å². The lowest BCUT2D eigenvalue weighted by molar-refractivity contribution is 0.0346. The third-order valence-corrected chi connectivity index (χ3v) is 5.97. The molecule has 1 saturated carbocycles. The summed E-state index contributed by atoms with van der Waals surface area (Å²) in [4.78, 5) is 17.8. The van der Waals surface area contributed by atoms with Crippen LogP contribution in [-0.2, 0) is 10.3 Å². The average Bonchev–Trinajstić information content (AvgIpc) is 3.48. The zero-order valence-electron chi connectivity index (χ0n) is 16.0. The predicted molar refractivity (Wildman–Crippen MR) is 109 cm³/mol. The van der Waals surface area contributed by atoms with Crippen molar-refractivity contribution in [1.82, 2.24) is 19.9 Å². The van der Waals surface area contributed by atoms with Crippen LogP contribution in [0.2, 0.25) is 0 Å². The standard InChI is InChI=1S/C21H23BN4O2/c22-17-5-3-16(4-6-17)21(7-9-28-10-8-21)25-20(27)18-12-24-26-13-15(14-1-2-14)11-23-19(18)26/h3-6,11-14H,1-2,7-10,22H2,(H,25,27). The molecule has 2 aromatic heterocycles. The Balaban J connectivity index is 1.46. The van der Waals surface area contributed by atoms with Crippen molar-refractivity contribution in [3.05, 3.63) is 59.5 Å². The van der Waals surface area contributed by atoms with Crippen molar-refractivity contribution in [3.8, 4) is 0 Å². The molecular formula is C21H23BN4O2. The number of aromatic nitrogens is 3. The van der Waals surface area contributed by atoms with Gasteiger partial charge in [0.05, 0.1) is 11.7 Å². The Morgan fingerprint density at radius 1 is 1.18 bits per heavy atom. The van der Waals surface area contributed by atoms with E-state index in [9.17, 15) is 4.79 Å². The van der Waals surface area contributed by atoms with Crippen LogP contribution in [-0.4, -0.2) is 41.6 Å². The monoisotopic (exact) mass is 374 g/mol. The van der Waals surface area contributed by atoms with Gasteiger partial charge >= 0.3 is 0 Å². The zero-order valence-corrected chi connectivity index (χ0v) is 16.0. The van der Waals surface area contributed by atoms with Crippen LogP contribution in [0.1, 0.15) is 53.1 Å². The Morgan fingerprint density at radius 2 is 1.93 bits per heavy atom. The van der Waals surface area contributed by atoms with Gasteiger partial charge in [-0.25, -0.2) is 9.50 Å². The van der Waals surface area contributed by atoms with Crippen LogP contribution >= 0.6 is 0 Å². The summed E-state index contributed by atoms with van der Waals surface area (Å²) in [6, 6.07) is 8.40. The van der Waals surface area contributed by atoms with Gasteiger partial charge in [0.1, 0.15) is 13.4 Å². The molecule has 1 N–H and O–H groups in total. The summed E-state index contributed by atoms with van der Waals surface area (Å²) in [5.41, 5.74) is 4.22. The first-order valence-electron chi connectivity index (χ1n) is 9.95. The number of hydrogen-bond donors (Lipinski definition) is 1. The third-order valence-electron chi connectivity index (χ3n) is 5.97.